The third-order valence-corrected chi connectivity index (χ3v) is 4.34. The zero-order valence-electron chi connectivity index (χ0n) is 11.4. The molecule has 0 aromatic heterocycles. The second-order valence-electron chi connectivity index (χ2n) is 5.59. The van der Waals surface area contributed by atoms with Gasteiger partial charge in [0, 0.05) is 23.0 Å². The molecule has 1 aliphatic heterocycles. The van der Waals surface area contributed by atoms with Gasteiger partial charge in [0.15, 0.2) is 0 Å². The van der Waals surface area contributed by atoms with E-state index in [4.69, 9.17) is 7.85 Å². The molecule has 3 aliphatic rings. The number of nitrogens with zero attached hydrogens (tertiary/aromatic N) is 1. The minimum Gasteiger partial charge on any atom is -0.317 e. The highest BCUT2D eigenvalue weighted by molar-refractivity contribution is 6.32. The minimum atomic E-state index is 0.463. The highest BCUT2D eigenvalue weighted by Crippen LogP contribution is 2.48. The van der Waals surface area contributed by atoms with Crippen LogP contribution in [0.4, 0.5) is 5.69 Å². The summed E-state index contributed by atoms with van der Waals surface area (Å²) >= 11 is 0. The lowest BCUT2D eigenvalue weighted by Gasteiger charge is -2.27. The number of allylic oxidation sites excluding steroid dienone is 8. The van der Waals surface area contributed by atoms with E-state index in [0.717, 1.165) is 24.7 Å². The first-order valence-corrected chi connectivity index (χ1v) is 7.26. The summed E-state index contributed by atoms with van der Waals surface area (Å²) in [7, 11) is 5.99. The lowest BCUT2D eigenvalue weighted by molar-refractivity contribution is 0.796. The third-order valence-electron chi connectivity index (χ3n) is 4.34. The predicted molar refractivity (Wildman–Crippen MR) is 85.3 cm³/mol. The molecular formula is C18H16BN. The van der Waals surface area contributed by atoms with Crippen molar-refractivity contribution in [2.24, 2.45) is 0 Å². The van der Waals surface area contributed by atoms with E-state index in [2.05, 4.69) is 53.5 Å². The van der Waals surface area contributed by atoms with E-state index in [-0.39, 0.29) is 0 Å². The molecule has 96 valence electrons. The fourth-order valence-corrected chi connectivity index (χ4v) is 3.43. The number of hydrogen-bond acceptors (Lipinski definition) is 1. The van der Waals surface area contributed by atoms with Crippen LogP contribution < -0.4 is 10.4 Å². The van der Waals surface area contributed by atoms with Crippen LogP contribution in [0.1, 0.15) is 30.7 Å². The second-order valence-corrected chi connectivity index (χ2v) is 5.59. The Morgan fingerprint density at radius 3 is 2.85 bits per heavy atom. The molecule has 0 N–H and O–H groups in total. The van der Waals surface area contributed by atoms with Crippen LogP contribution in [0.25, 0.3) is 0 Å². The van der Waals surface area contributed by atoms with Crippen molar-refractivity contribution in [1.82, 2.24) is 0 Å². The number of rotatable bonds is 1. The van der Waals surface area contributed by atoms with Crippen LogP contribution in [-0.4, -0.2) is 7.85 Å². The van der Waals surface area contributed by atoms with Gasteiger partial charge in [0.25, 0.3) is 0 Å². The van der Waals surface area contributed by atoms with Crippen LogP contribution in [0, 0.1) is 0 Å². The third kappa shape index (κ3) is 1.71. The Morgan fingerprint density at radius 1 is 1.10 bits per heavy atom. The number of fused-ring (bicyclic) bond motifs is 3. The Bertz CT molecular complexity index is 679. The quantitative estimate of drug-likeness (QED) is 0.696. The molecule has 1 unspecified atom stereocenters. The molecule has 0 saturated heterocycles. The first-order valence-electron chi connectivity index (χ1n) is 7.26. The fourth-order valence-electron chi connectivity index (χ4n) is 3.43. The van der Waals surface area contributed by atoms with Crippen LogP contribution in [0.3, 0.4) is 0 Å². The van der Waals surface area contributed by atoms with Crippen LogP contribution in [-0.2, 0) is 0 Å². The van der Waals surface area contributed by atoms with Crippen molar-refractivity contribution in [3.8, 4) is 0 Å². The standard InChI is InChI=1S/C18H16BN/c19-13-10-11-18-16(12-13)15-8-4-5-9-17(15)20(18)14-6-2-1-3-7-14/h1-2,4-6,9-12,15H,3,7-8H2. The summed E-state index contributed by atoms with van der Waals surface area (Å²) in [6.45, 7) is 0. The molecular weight excluding hydrogens is 241 g/mol. The molecule has 1 aromatic rings. The van der Waals surface area contributed by atoms with E-state index in [0.29, 0.717) is 5.92 Å². The molecule has 20 heavy (non-hydrogen) atoms. The topological polar surface area (TPSA) is 3.24 Å². The fraction of sp³-hybridized carbons (Fsp3) is 0.222. The monoisotopic (exact) mass is 257 g/mol. The Labute approximate surface area is 121 Å². The molecule has 0 spiro atoms. The average molecular weight is 257 g/mol. The zero-order chi connectivity index (χ0) is 13.5. The molecule has 0 amide bonds. The summed E-state index contributed by atoms with van der Waals surface area (Å²) in [5.74, 6) is 0.463. The molecule has 2 heteroatoms. The highest BCUT2D eigenvalue weighted by Gasteiger charge is 2.35. The maximum atomic E-state index is 5.99. The summed E-state index contributed by atoms with van der Waals surface area (Å²) in [5, 5.41) is 0. The van der Waals surface area contributed by atoms with E-state index in [1.54, 1.807) is 0 Å². The lowest BCUT2D eigenvalue weighted by atomic mass is 9.87. The number of benzene rings is 1. The summed E-state index contributed by atoms with van der Waals surface area (Å²) in [5.41, 5.74) is 6.32. The maximum Gasteiger partial charge on any atom is 0.113 e. The van der Waals surface area contributed by atoms with Gasteiger partial charge in [-0.3, -0.25) is 0 Å². The first-order chi connectivity index (χ1) is 9.84. The molecule has 1 aromatic carbocycles. The molecule has 0 saturated carbocycles. The smallest absolute Gasteiger partial charge is 0.113 e. The van der Waals surface area contributed by atoms with E-state index < -0.39 is 0 Å². The van der Waals surface area contributed by atoms with Gasteiger partial charge in [-0.15, -0.1) is 0 Å². The van der Waals surface area contributed by atoms with Gasteiger partial charge in [-0.2, -0.15) is 0 Å². The summed E-state index contributed by atoms with van der Waals surface area (Å²) in [6, 6.07) is 6.32. The lowest BCUT2D eigenvalue weighted by Crippen LogP contribution is -2.20. The van der Waals surface area contributed by atoms with E-state index in [9.17, 15) is 0 Å². The predicted octanol–water partition coefficient (Wildman–Crippen LogP) is 3.46. The van der Waals surface area contributed by atoms with Gasteiger partial charge in [0.05, 0.1) is 0 Å². The van der Waals surface area contributed by atoms with Crippen LogP contribution >= 0.6 is 0 Å². The Hall–Kier alpha value is -1.96. The normalized spacial score (nSPS) is 23.2. The molecule has 0 bridgehead atoms. The summed E-state index contributed by atoms with van der Waals surface area (Å²) < 4.78 is 0. The van der Waals surface area contributed by atoms with Crippen LogP contribution in [0.15, 0.2) is 66.0 Å². The van der Waals surface area contributed by atoms with E-state index in [1.807, 2.05) is 6.07 Å². The number of hydrogen-bond donors (Lipinski definition) is 0. The average Bonchev–Trinajstić information content (AvgIpc) is 2.82. The maximum absolute atomic E-state index is 5.99. The Morgan fingerprint density at radius 2 is 2.00 bits per heavy atom. The van der Waals surface area contributed by atoms with Gasteiger partial charge >= 0.3 is 0 Å². The molecule has 2 radical (unpaired) electrons. The van der Waals surface area contributed by atoms with Gasteiger partial charge in [-0.25, -0.2) is 0 Å². The Balaban J connectivity index is 1.89. The number of anilines is 1. The minimum absolute atomic E-state index is 0.463. The van der Waals surface area contributed by atoms with Gasteiger partial charge in [0.1, 0.15) is 7.85 Å². The molecule has 1 atom stereocenters. The van der Waals surface area contributed by atoms with E-state index in [1.165, 1.54) is 22.6 Å². The van der Waals surface area contributed by atoms with Gasteiger partial charge in [0.2, 0.25) is 0 Å². The highest BCUT2D eigenvalue weighted by atomic mass is 15.2. The van der Waals surface area contributed by atoms with Crippen molar-refractivity contribution >= 4 is 19.0 Å². The van der Waals surface area contributed by atoms with Crippen molar-refractivity contribution in [3.05, 3.63) is 71.6 Å². The molecule has 4 rings (SSSR count). The van der Waals surface area contributed by atoms with Crippen molar-refractivity contribution < 1.29 is 0 Å². The SMILES string of the molecule is [B]c1ccc2c(c1)C1CC=CC=C1N2C1=CC=CCC1. The molecule has 2 aliphatic carbocycles. The van der Waals surface area contributed by atoms with Gasteiger partial charge < -0.3 is 4.90 Å². The first kappa shape index (κ1) is 11.8. The molecule has 1 heterocycles. The van der Waals surface area contributed by atoms with E-state index >= 15 is 0 Å². The largest absolute Gasteiger partial charge is 0.317 e. The summed E-state index contributed by atoms with van der Waals surface area (Å²) in [4.78, 5) is 2.44. The zero-order valence-corrected chi connectivity index (χ0v) is 11.4. The molecule has 0 fully saturated rings. The second kappa shape index (κ2) is 4.55. The van der Waals surface area contributed by atoms with Crippen molar-refractivity contribution in [3.63, 3.8) is 0 Å². The van der Waals surface area contributed by atoms with Crippen molar-refractivity contribution in [1.29, 1.82) is 0 Å². The summed E-state index contributed by atoms with van der Waals surface area (Å²) in [6.07, 6.45) is 16.6. The van der Waals surface area contributed by atoms with Gasteiger partial charge in [-0.05, 0) is 43.0 Å². The molecule has 1 nitrogen and oxygen atoms in total. The van der Waals surface area contributed by atoms with Crippen molar-refractivity contribution in [2.75, 3.05) is 4.90 Å². The van der Waals surface area contributed by atoms with Crippen LogP contribution in [0.2, 0.25) is 0 Å². The van der Waals surface area contributed by atoms with Gasteiger partial charge in [-0.1, -0.05) is 41.9 Å². The van der Waals surface area contributed by atoms with Crippen LogP contribution in [0.5, 0.6) is 0 Å². The van der Waals surface area contributed by atoms with Crippen molar-refractivity contribution in [2.45, 2.75) is 25.2 Å². The Kier molecular flexibility index (Phi) is 2.69.